The summed E-state index contributed by atoms with van der Waals surface area (Å²) in [6, 6.07) is 8.96. The number of ether oxygens (including phenoxy) is 2. The van der Waals surface area contributed by atoms with Crippen LogP contribution in [0.1, 0.15) is 23.9 Å². The number of carbonyl (C=O) groups excluding carboxylic acids is 1. The zero-order chi connectivity index (χ0) is 22.3. The highest BCUT2D eigenvalue weighted by molar-refractivity contribution is 6.35. The Morgan fingerprint density at radius 1 is 1.16 bits per heavy atom. The Balaban J connectivity index is 1.83. The molecule has 0 aliphatic carbocycles. The van der Waals surface area contributed by atoms with E-state index in [0.29, 0.717) is 32.5 Å². The van der Waals surface area contributed by atoms with Crippen molar-refractivity contribution < 1.29 is 18.7 Å². The SMILES string of the molecule is CC(=O)Oc1coc2cc(OCc3ccc(Cl)cc3Cl)c(-c3c(C)nn(C)c3C)cc12. The molecule has 0 saturated carbocycles. The number of carbonyl (C=O) groups is 1. The fraction of sp³-hybridized carbons (Fsp3) is 0.217. The summed E-state index contributed by atoms with van der Waals surface area (Å²) >= 11 is 12.3. The van der Waals surface area contributed by atoms with Crippen LogP contribution in [0.25, 0.3) is 22.1 Å². The van der Waals surface area contributed by atoms with Crippen LogP contribution in [0.4, 0.5) is 0 Å². The van der Waals surface area contributed by atoms with Gasteiger partial charge in [0.05, 0.1) is 11.1 Å². The molecule has 8 heteroatoms. The summed E-state index contributed by atoms with van der Waals surface area (Å²) in [5.41, 5.74) is 4.93. The van der Waals surface area contributed by atoms with E-state index in [1.54, 1.807) is 18.2 Å². The molecule has 0 fully saturated rings. The molecular formula is C23H20Cl2N2O4. The molecule has 2 heterocycles. The van der Waals surface area contributed by atoms with Gasteiger partial charge in [-0.3, -0.25) is 9.48 Å². The predicted molar refractivity (Wildman–Crippen MR) is 120 cm³/mol. The highest BCUT2D eigenvalue weighted by atomic mass is 35.5. The summed E-state index contributed by atoms with van der Waals surface area (Å²) in [4.78, 5) is 11.5. The first-order valence-corrected chi connectivity index (χ1v) is 10.3. The van der Waals surface area contributed by atoms with Crippen LogP contribution in [0.5, 0.6) is 11.5 Å². The smallest absolute Gasteiger partial charge is 0.308 e. The van der Waals surface area contributed by atoms with Crippen molar-refractivity contribution >= 4 is 40.1 Å². The van der Waals surface area contributed by atoms with Gasteiger partial charge >= 0.3 is 5.97 Å². The zero-order valence-corrected chi connectivity index (χ0v) is 19.0. The molecule has 31 heavy (non-hydrogen) atoms. The normalized spacial score (nSPS) is 11.2. The highest BCUT2D eigenvalue weighted by Crippen LogP contribution is 2.41. The summed E-state index contributed by atoms with van der Waals surface area (Å²) in [6.45, 7) is 5.52. The molecule has 6 nitrogen and oxygen atoms in total. The van der Waals surface area contributed by atoms with Gasteiger partial charge in [-0.15, -0.1) is 0 Å². The molecule has 2 aromatic carbocycles. The van der Waals surface area contributed by atoms with Gasteiger partial charge in [-0.1, -0.05) is 29.3 Å². The van der Waals surface area contributed by atoms with Crippen LogP contribution >= 0.6 is 23.2 Å². The Morgan fingerprint density at radius 3 is 2.58 bits per heavy atom. The van der Waals surface area contributed by atoms with E-state index < -0.39 is 5.97 Å². The van der Waals surface area contributed by atoms with Crippen molar-refractivity contribution in [3.63, 3.8) is 0 Å². The van der Waals surface area contributed by atoms with Gasteiger partial charge in [0, 0.05) is 52.5 Å². The molecule has 0 atom stereocenters. The molecule has 0 bridgehead atoms. The maximum absolute atomic E-state index is 11.5. The fourth-order valence-electron chi connectivity index (χ4n) is 3.54. The number of benzene rings is 2. The molecule has 160 valence electrons. The second-order valence-corrected chi connectivity index (χ2v) is 8.08. The minimum absolute atomic E-state index is 0.240. The van der Waals surface area contributed by atoms with E-state index in [-0.39, 0.29) is 6.61 Å². The topological polar surface area (TPSA) is 66.5 Å². The molecule has 0 saturated heterocycles. The van der Waals surface area contributed by atoms with E-state index in [0.717, 1.165) is 28.1 Å². The van der Waals surface area contributed by atoms with E-state index in [2.05, 4.69) is 5.10 Å². The number of esters is 1. The van der Waals surface area contributed by atoms with Crippen molar-refractivity contribution in [2.75, 3.05) is 0 Å². The first kappa shape index (κ1) is 21.3. The third kappa shape index (κ3) is 4.13. The lowest BCUT2D eigenvalue weighted by Gasteiger charge is -2.14. The maximum atomic E-state index is 11.5. The van der Waals surface area contributed by atoms with Crippen molar-refractivity contribution in [3.8, 4) is 22.6 Å². The molecule has 0 amide bonds. The van der Waals surface area contributed by atoms with Gasteiger partial charge in [-0.05, 0) is 32.0 Å². The lowest BCUT2D eigenvalue weighted by molar-refractivity contribution is -0.131. The minimum atomic E-state index is -0.421. The number of fused-ring (bicyclic) bond motifs is 1. The largest absolute Gasteiger partial charge is 0.488 e. The molecule has 0 radical (unpaired) electrons. The van der Waals surface area contributed by atoms with Crippen molar-refractivity contribution in [1.82, 2.24) is 9.78 Å². The van der Waals surface area contributed by atoms with Crippen molar-refractivity contribution in [2.24, 2.45) is 7.05 Å². The van der Waals surface area contributed by atoms with Gasteiger partial charge < -0.3 is 13.9 Å². The molecule has 4 aromatic rings. The number of aryl methyl sites for hydroxylation is 2. The van der Waals surface area contributed by atoms with Crippen molar-refractivity contribution in [3.05, 3.63) is 63.6 Å². The monoisotopic (exact) mass is 458 g/mol. The van der Waals surface area contributed by atoms with E-state index >= 15 is 0 Å². The van der Waals surface area contributed by atoms with Gasteiger partial charge in [-0.2, -0.15) is 5.10 Å². The molecule has 0 aliphatic rings. The van der Waals surface area contributed by atoms with E-state index in [4.69, 9.17) is 37.1 Å². The number of hydrogen-bond acceptors (Lipinski definition) is 5. The van der Waals surface area contributed by atoms with Crippen LogP contribution in [-0.4, -0.2) is 15.7 Å². The van der Waals surface area contributed by atoms with Gasteiger partial charge in [0.2, 0.25) is 0 Å². The zero-order valence-electron chi connectivity index (χ0n) is 17.5. The van der Waals surface area contributed by atoms with Gasteiger partial charge in [0.1, 0.15) is 24.2 Å². The maximum Gasteiger partial charge on any atom is 0.308 e. The van der Waals surface area contributed by atoms with Gasteiger partial charge in [-0.25, -0.2) is 0 Å². The molecule has 0 N–H and O–H groups in total. The predicted octanol–water partition coefficient (Wildman–Crippen LogP) is 6.26. The third-order valence-electron chi connectivity index (χ3n) is 5.07. The Morgan fingerprint density at radius 2 is 1.94 bits per heavy atom. The van der Waals surface area contributed by atoms with Crippen LogP contribution in [0.15, 0.2) is 41.0 Å². The summed E-state index contributed by atoms with van der Waals surface area (Å²) in [6.07, 6.45) is 1.42. The van der Waals surface area contributed by atoms with E-state index in [1.165, 1.54) is 13.2 Å². The summed E-state index contributed by atoms with van der Waals surface area (Å²) in [5.74, 6) is 0.535. The molecule has 0 spiro atoms. The molecule has 0 aliphatic heterocycles. The second kappa shape index (κ2) is 8.29. The summed E-state index contributed by atoms with van der Waals surface area (Å²) < 4.78 is 18.9. The number of hydrogen-bond donors (Lipinski definition) is 0. The first-order valence-electron chi connectivity index (χ1n) is 9.55. The number of aromatic nitrogens is 2. The van der Waals surface area contributed by atoms with Crippen LogP contribution in [0.2, 0.25) is 10.0 Å². The van der Waals surface area contributed by atoms with Crippen LogP contribution < -0.4 is 9.47 Å². The Bertz CT molecular complexity index is 1310. The highest BCUT2D eigenvalue weighted by Gasteiger charge is 2.21. The Labute approximate surface area is 189 Å². The number of furan rings is 1. The lowest BCUT2D eigenvalue weighted by atomic mass is 10.0. The number of rotatable bonds is 5. The second-order valence-electron chi connectivity index (χ2n) is 7.23. The average molecular weight is 459 g/mol. The molecule has 4 rings (SSSR count). The van der Waals surface area contributed by atoms with Crippen LogP contribution in [0.3, 0.4) is 0 Å². The van der Waals surface area contributed by atoms with Gasteiger partial charge in [0.15, 0.2) is 5.75 Å². The van der Waals surface area contributed by atoms with Crippen LogP contribution in [-0.2, 0) is 18.4 Å². The molecular weight excluding hydrogens is 439 g/mol. The lowest BCUT2D eigenvalue weighted by Crippen LogP contribution is -2.01. The molecule has 0 unspecified atom stereocenters. The van der Waals surface area contributed by atoms with Gasteiger partial charge in [0.25, 0.3) is 0 Å². The van der Waals surface area contributed by atoms with E-state index in [9.17, 15) is 4.79 Å². The number of halogens is 2. The van der Waals surface area contributed by atoms with Crippen molar-refractivity contribution in [2.45, 2.75) is 27.4 Å². The number of nitrogens with zero attached hydrogens (tertiary/aromatic N) is 2. The molecule has 2 aromatic heterocycles. The van der Waals surface area contributed by atoms with E-state index in [1.807, 2.05) is 37.7 Å². The first-order chi connectivity index (χ1) is 14.7. The quantitative estimate of drug-likeness (QED) is 0.330. The summed E-state index contributed by atoms with van der Waals surface area (Å²) in [7, 11) is 1.89. The average Bonchev–Trinajstić information content (AvgIpc) is 3.19. The Kier molecular flexibility index (Phi) is 5.69. The fourth-order valence-corrected chi connectivity index (χ4v) is 4.00. The minimum Gasteiger partial charge on any atom is -0.488 e. The third-order valence-corrected chi connectivity index (χ3v) is 5.66. The van der Waals surface area contributed by atoms with Crippen LogP contribution in [0, 0.1) is 13.8 Å². The Hall–Kier alpha value is -2.96. The van der Waals surface area contributed by atoms with Crippen molar-refractivity contribution in [1.29, 1.82) is 0 Å². The summed E-state index contributed by atoms with van der Waals surface area (Å²) in [5, 5.41) is 6.28. The standard InChI is InChI=1S/C23H20Cl2N2O4/c1-12-23(13(2)27(4)26-12)18-8-17-20(30-11-22(17)31-14(3)28)9-21(18)29-10-15-5-6-16(24)7-19(15)25/h5-9,11H,10H2,1-4H3.